The highest BCUT2D eigenvalue weighted by molar-refractivity contribution is 7.33. The van der Waals surface area contributed by atoms with E-state index < -0.39 is 21.2 Å². The molecule has 0 bridgehead atoms. The Kier molecular flexibility index (Phi) is 17.4. The molecule has 0 radical (unpaired) electrons. The molecule has 0 fully saturated rings. The highest BCUT2D eigenvalue weighted by Gasteiger charge is 2.46. The molecule has 0 aliphatic rings. The first-order valence-corrected chi connectivity index (χ1v) is 11.4. The van der Waals surface area contributed by atoms with Gasteiger partial charge in [0.1, 0.15) is 0 Å². The van der Waals surface area contributed by atoms with Crippen molar-refractivity contribution in [3.8, 4) is 0 Å². The zero-order valence-corrected chi connectivity index (χ0v) is 18.4. The maximum absolute atomic E-state index is 9.90. The second-order valence-corrected chi connectivity index (χ2v) is 8.30. The summed E-state index contributed by atoms with van der Waals surface area (Å²) in [6.45, 7) is 6.75. The Morgan fingerprint density at radius 1 is 0.840 bits per heavy atom. The van der Waals surface area contributed by atoms with Crippen LogP contribution in [0.15, 0.2) is 0 Å². The quantitative estimate of drug-likeness (QED) is 0.191. The van der Waals surface area contributed by atoms with Gasteiger partial charge < -0.3 is 5.73 Å². The van der Waals surface area contributed by atoms with Gasteiger partial charge in [-0.2, -0.15) is 0 Å². The molecule has 0 aliphatic carbocycles. The summed E-state index contributed by atoms with van der Waals surface area (Å²) in [6, 6.07) is 0. The Balaban J connectivity index is 0. The number of unbranched alkanes of at least 4 members (excludes halogenated alkanes) is 3. The number of alkyl halides is 2. The van der Waals surface area contributed by atoms with Crippen LogP contribution in [0.3, 0.4) is 0 Å². The molecule has 11 heteroatoms. The molecule has 150 valence electrons. The minimum absolute atomic E-state index is 0.155. The molecule has 7 nitrogen and oxygen atoms in total. The van der Waals surface area contributed by atoms with Crippen molar-refractivity contribution < 1.29 is 28.0 Å². The highest BCUT2D eigenvalue weighted by Crippen LogP contribution is 2.40. The molecule has 0 aromatic heterocycles. The second-order valence-electron chi connectivity index (χ2n) is 5.79. The summed E-state index contributed by atoms with van der Waals surface area (Å²) in [5.41, 5.74) is 6.61. The van der Waals surface area contributed by atoms with Gasteiger partial charge in [0.15, 0.2) is 0 Å². The Labute approximate surface area is 162 Å². The predicted molar refractivity (Wildman–Crippen MR) is 102 cm³/mol. The minimum atomic E-state index is -3.10. The number of nitrogens with two attached hydrogens (primary N) is 1. The molecule has 0 amide bonds. The van der Waals surface area contributed by atoms with E-state index in [1.165, 1.54) is 57.8 Å². The van der Waals surface area contributed by atoms with Gasteiger partial charge in [0.25, 0.3) is 0 Å². The van der Waals surface area contributed by atoms with Crippen molar-refractivity contribution in [2.45, 2.75) is 88.8 Å². The first kappa shape index (κ1) is 27.8. The third-order valence-electron chi connectivity index (χ3n) is 3.45. The molecule has 0 heterocycles. The Hall–Kier alpha value is 0.580. The van der Waals surface area contributed by atoms with E-state index in [0.717, 1.165) is 0 Å². The molecule has 0 saturated carbocycles. The Morgan fingerprint density at radius 3 is 1.32 bits per heavy atom. The maximum atomic E-state index is 9.90. The van der Waals surface area contributed by atoms with Gasteiger partial charge in [0.2, 0.25) is 0 Å². The lowest BCUT2D eigenvalue weighted by molar-refractivity contribution is 0.0328. The van der Waals surface area contributed by atoms with Gasteiger partial charge in [0.05, 0.1) is 0 Å². The molecule has 0 spiro atoms. The van der Waals surface area contributed by atoms with Crippen LogP contribution in [-0.2, 0) is 18.2 Å². The standard InChI is InChI=1S/C13H29N.CCl2O6P2/c1-4-7-10-13(14,11-8-5-2)12-9-6-3;2-1(3,8-10(4)5)9-11(6)7/h4-12,14H2,1-3H3;/p+2. The van der Waals surface area contributed by atoms with Crippen molar-refractivity contribution >= 4 is 39.7 Å². The molecule has 2 atom stereocenters. The van der Waals surface area contributed by atoms with Crippen molar-refractivity contribution in [3.05, 3.63) is 0 Å². The van der Waals surface area contributed by atoms with Crippen LogP contribution in [0.25, 0.3) is 0 Å². The van der Waals surface area contributed by atoms with Crippen LogP contribution in [0.1, 0.15) is 78.6 Å². The molecule has 0 aromatic carbocycles. The Morgan fingerprint density at radius 2 is 1.12 bits per heavy atom. The van der Waals surface area contributed by atoms with E-state index >= 15 is 0 Å². The number of hydrogen-bond acceptors (Lipinski definition) is 5. The second kappa shape index (κ2) is 15.6. The van der Waals surface area contributed by atoms with E-state index in [2.05, 4.69) is 29.8 Å². The van der Waals surface area contributed by atoms with Crippen LogP contribution in [0.5, 0.6) is 0 Å². The average molecular weight is 442 g/mol. The number of rotatable bonds is 13. The number of hydrogen-bond donors (Lipinski definition) is 3. The van der Waals surface area contributed by atoms with Crippen molar-refractivity contribution in [2.24, 2.45) is 5.73 Å². The normalized spacial score (nSPS) is 13.1. The summed E-state index contributed by atoms with van der Waals surface area (Å²) in [4.78, 5) is 16.1. The van der Waals surface area contributed by atoms with Crippen LogP contribution in [0, 0.1) is 0 Å². The largest absolute Gasteiger partial charge is 0.700 e. The summed E-state index contributed by atoms with van der Waals surface area (Å²) in [5.74, 6) is 0. The van der Waals surface area contributed by atoms with Gasteiger partial charge in [-0.3, -0.25) is 0 Å². The van der Waals surface area contributed by atoms with E-state index in [-0.39, 0.29) is 5.54 Å². The lowest BCUT2D eigenvalue weighted by Gasteiger charge is -2.29. The lowest BCUT2D eigenvalue weighted by atomic mass is 9.84. The topological polar surface area (TPSA) is 119 Å². The first-order valence-electron chi connectivity index (χ1n) is 8.39. The molecular weight excluding hydrogens is 411 g/mol. The van der Waals surface area contributed by atoms with Crippen LogP contribution in [0.4, 0.5) is 0 Å². The third kappa shape index (κ3) is 19.2. The van der Waals surface area contributed by atoms with Gasteiger partial charge >= 0.3 is 21.2 Å². The summed E-state index contributed by atoms with van der Waals surface area (Å²) in [6.07, 6.45) is 11.4. The summed E-state index contributed by atoms with van der Waals surface area (Å²) < 4.78 is 24.8. The van der Waals surface area contributed by atoms with Crippen LogP contribution in [0.2, 0.25) is 0 Å². The molecule has 0 aromatic rings. The van der Waals surface area contributed by atoms with Crippen LogP contribution >= 0.6 is 39.7 Å². The lowest BCUT2D eigenvalue weighted by Crippen LogP contribution is -2.39. The van der Waals surface area contributed by atoms with Crippen molar-refractivity contribution in [1.29, 1.82) is 0 Å². The van der Waals surface area contributed by atoms with E-state index in [1.807, 2.05) is 0 Å². The summed E-state index contributed by atoms with van der Waals surface area (Å²) in [5, 5.41) is 0. The third-order valence-corrected chi connectivity index (χ3v) is 5.02. The van der Waals surface area contributed by atoms with E-state index in [0.29, 0.717) is 0 Å². The molecule has 2 unspecified atom stereocenters. The van der Waals surface area contributed by atoms with E-state index in [4.69, 9.17) is 38.7 Å². The van der Waals surface area contributed by atoms with E-state index in [1.54, 1.807) is 0 Å². The fraction of sp³-hybridized carbons (Fsp3) is 1.00. The molecule has 0 rings (SSSR count). The average Bonchev–Trinajstić information content (AvgIpc) is 2.47. The van der Waals surface area contributed by atoms with Crippen molar-refractivity contribution in [1.82, 2.24) is 0 Å². The first-order chi connectivity index (χ1) is 11.5. The Bertz CT molecular complexity index is 349. The van der Waals surface area contributed by atoms with Crippen molar-refractivity contribution in [2.75, 3.05) is 0 Å². The van der Waals surface area contributed by atoms with Gasteiger partial charge in [-0.05, 0) is 51.5 Å². The van der Waals surface area contributed by atoms with E-state index in [9.17, 15) is 9.13 Å². The van der Waals surface area contributed by atoms with Gasteiger partial charge in [-0.1, -0.05) is 59.3 Å². The summed E-state index contributed by atoms with van der Waals surface area (Å²) in [7, 11) is -6.20. The highest BCUT2D eigenvalue weighted by atomic mass is 35.5. The monoisotopic (exact) mass is 441 g/mol. The smallest absolute Gasteiger partial charge is 0.325 e. The molecule has 4 N–H and O–H groups in total. The summed E-state index contributed by atoms with van der Waals surface area (Å²) >= 11 is 9.92. The maximum Gasteiger partial charge on any atom is 0.700 e. The fourth-order valence-corrected chi connectivity index (χ4v) is 3.37. The van der Waals surface area contributed by atoms with Crippen LogP contribution < -0.4 is 5.73 Å². The van der Waals surface area contributed by atoms with Gasteiger partial charge in [-0.25, -0.2) is 0 Å². The SMILES string of the molecule is CCCCC(N)(CCCC)CCCC.O=[P+](O)OC(Cl)(Cl)O[P+](=O)O. The minimum Gasteiger partial charge on any atom is -0.325 e. The molecule has 0 aliphatic heterocycles. The molecule has 25 heavy (non-hydrogen) atoms. The van der Waals surface area contributed by atoms with Gasteiger partial charge in [-0.15, -0.1) is 9.79 Å². The predicted octanol–water partition coefficient (Wildman–Crippen LogP) is 5.66. The zero-order valence-electron chi connectivity index (χ0n) is 15.1. The number of halogens is 2. The zero-order chi connectivity index (χ0) is 19.9. The van der Waals surface area contributed by atoms with Gasteiger partial charge in [0, 0.05) is 14.7 Å². The molecular formula is C14H31Cl2NO6P2+2. The van der Waals surface area contributed by atoms with Crippen LogP contribution in [-0.4, -0.2) is 20.0 Å². The van der Waals surface area contributed by atoms with Crippen molar-refractivity contribution in [3.63, 3.8) is 0 Å². The molecule has 0 saturated heterocycles. The fourth-order valence-electron chi connectivity index (χ4n) is 2.16.